The van der Waals surface area contributed by atoms with Gasteiger partial charge in [-0.1, -0.05) is 12.1 Å². The van der Waals surface area contributed by atoms with Gasteiger partial charge in [0, 0.05) is 30.5 Å². The van der Waals surface area contributed by atoms with Crippen LogP contribution in [0.1, 0.15) is 19.8 Å². The van der Waals surface area contributed by atoms with E-state index in [4.69, 9.17) is 14.5 Å². The van der Waals surface area contributed by atoms with Gasteiger partial charge in [-0.2, -0.15) is 5.10 Å². The molecule has 1 unspecified atom stereocenters. The van der Waals surface area contributed by atoms with Crippen molar-refractivity contribution in [3.8, 4) is 22.6 Å². The summed E-state index contributed by atoms with van der Waals surface area (Å²) < 4.78 is 12.8. The molecule has 1 atom stereocenters. The smallest absolute Gasteiger partial charge is 0.231 e. The van der Waals surface area contributed by atoms with Crippen molar-refractivity contribution < 1.29 is 9.47 Å². The number of anilines is 3. The van der Waals surface area contributed by atoms with Gasteiger partial charge >= 0.3 is 0 Å². The number of rotatable bonds is 4. The number of aromatic nitrogens is 4. The van der Waals surface area contributed by atoms with Crippen molar-refractivity contribution >= 4 is 23.0 Å². The Morgan fingerprint density at radius 2 is 2.06 bits per heavy atom. The monoisotopic (exact) mass is 414 g/mol. The van der Waals surface area contributed by atoms with Crippen molar-refractivity contribution in [1.82, 2.24) is 19.6 Å². The predicted octanol–water partition coefficient (Wildman–Crippen LogP) is 4.25. The highest BCUT2D eigenvalue weighted by molar-refractivity contribution is 5.89. The van der Waals surface area contributed by atoms with Crippen LogP contribution in [0.5, 0.6) is 11.5 Å². The molecule has 1 N–H and O–H groups in total. The second kappa shape index (κ2) is 7.16. The van der Waals surface area contributed by atoms with Gasteiger partial charge in [-0.15, -0.1) is 0 Å². The Balaban J connectivity index is 1.43. The fraction of sp³-hybridized carbons (Fsp3) is 0.261. The molecule has 0 amide bonds. The lowest BCUT2D eigenvalue weighted by Gasteiger charge is -2.23. The summed E-state index contributed by atoms with van der Waals surface area (Å²) in [5, 5.41) is 8.03. The zero-order chi connectivity index (χ0) is 20.8. The zero-order valence-corrected chi connectivity index (χ0v) is 17.2. The van der Waals surface area contributed by atoms with Gasteiger partial charge in [0.05, 0.1) is 11.9 Å². The van der Waals surface area contributed by atoms with Gasteiger partial charge < -0.3 is 19.7 Å². The number of fused-ring (bicyclic) bond motifs is 2. The van der Waals surface area contributed by atoms with Crippen LogP contribution in [-0.4, -0.2) is 39.0 Å². The average Bonchev–Trinajstić information content (AvgIpc) is 3.54. The molecule has 1 fully saturated rings. The molecule has 2 aliphatic heterocycles. The van der Waals surface area contributed by atoms with Gasteiger partial charge in [0.25, 0.3) is 0 Å². The van der Waals surface area contributed by atoms with Crippen LogP contribution in [0.2, 0.25) is 0 Å². The number of imidazole rings is 1. The lowest BCUT2D eigenvalue weighted by atomic mass is 10.1. The Labute approximate surface area is 179 Å². The first-order chi connectivity index (χ1) is 15.3. The van der Waals surface area contributed by atoms with E-state index in [9.17, 15) is 0 Å². The number of hydrogen-bond donors (Lipinski definition) is 1. The highest BCUT2D eigenvalue weighted by Gasteiger charge is 2.22. The van der Waals surface area contributed by atoms with E-state index in [0.29, 0.717) is 6.04 Å². The quantitative estimate of drug-likeness (QED) is 0.535. The van der Waals surface area contributed by atoms with Crippen molar-refractivity contribution in [2.45, 2.75) is 25.8 Å². The molecule has 31 heavy (non-hydrogen) atoms. The van der Waals surface area contributed by atoms with Gasteiger partial charge in [0.15, 0.2) is 17.1 Å². The van der Waals surface area contributed by atoms with Gasteiger partial charge in [0.1, 0.15) is 11.6 Å². The normalized spacial score (nSPS) is 17.5. The maximum Gasteiger partial charge on any atom is 0.231 e. The SMILES string of the molecule is CC1CCCN1c1cccc(Nc2c(-c3ccc4c(c3)OCO4)cnn3ccnc23)n1. The molecule has 8 heteroatoms. The Morgan fingerprint density at radius 3 is 2.97 bits per heavy atom. The largest absolute Gasteiger partial charge is 0.454 e. The predicted molar refractivity (Wildman–Crippen MR) is 118 cm³/mol. The first kappa shape index (κ1) is 18.0. The van der Waals surface area contributed by atoms with E-state index in [1.807, 2.05) is 42.7 Å². The number of hydrogen-bond acceptors (Lipinski definition) is 7. The highest BCUT2D eigenvalue weighted by atomic mass is 16.7. The minimum Gasteiger partial charge on any atom is -0.454 e. The summed E-state index contributed by atoms with van der Waals surface area (Å²) in [6, 6.07) is 12.5. The van der Waals surface area contributed by atoms with Crippen LogP contribution >= 0.6 is 0 Å². The lowest BCUT2D eigenvalue weighted by molar-refractivity contribution is 0.174. The van der Waals surface area contributed by atoms with Crippen molar-refractivity contribution in [3.05, 3.63) is 55.0 Å². The number of pyridine rings is 1. The highest BCUT2D eigenvalue weighted by Crippen LogP contribution is 2.39. The fourth-order valence-electron chi connectivity index (χ4n) is 4.33. The lowest BCUT2D eigenvalue weighted by Crippen LogP contribution is -2.27. The zero-order valence-electron chi connectivity index (χ0n) is 17.2. The van der Waals surface area contributed by atoms with Gasteiger partial charge in [-0.3, -0.25) is 0 Å². The Morgan fingerprint density at radius 1 is 1.13 bits per heavy atom. The Kier molecular flexibility index (Phi) is 4.15. The minimum absolute atomic E-state index is 0.243. The molecule has 6 rings (SSSR count). The van der Waals surface area contributed by atoms with Crippen molar-refractivity contribution in [3.63, 3.8) is 0 Å². The summed E-state index contributed by atoms with van der Waals surface area (Å²) in [5.41, 5.74) is 3.46. The van der Waals surface area contributed by atoms with E-state index in [2.05, 4.69) is 33.3 Å². The number of ether oxygens (including phenoxy) is 2. The number of benzene rings is 1. The van der Waals surface area contributed by atoms with Crippen LogP contribution in [0.25, 0.3) is 16.8 Å². The van der Waals surface area contributed by atoms with Crippen LogP contribution in [0.3, 0.4) is 0 Å². The third-order valence-electron chi connectivity index (χ3n) is 5.94. The van der Waals surface area contributed by atoms with E-state index >= 15 is 0 Å². The summed E-state index contributed by atoms with van der Waals surface area (Å²) in [7, 11) is 0. The fourth-order valence-corrected chi connectivity index (χ4v) is 4.33. The molecule has 0 aliphatic carbocycles. The molecule has 0 radical (unpaired) electrons. The van der Waals surface area contributed by atoms with E-state index in [1.165, 1.54) is 12.8 Å². The van der Waals surface area contributed by atoms with E-state index in [1.54, 1.807) is 10.7 Å². The second-order valence-electron chi connectivity index (χ2n) is 7.89. The van der Waals surface area contributed by atoms with E-state index < -0.39 is 0 Å². The maximum atomic E-state index is 5.57. The summed E-state index contributed by atoms with van der Waals surface area (Å²) in [6.45, 7) is 3.54. The maximum absolute atomic E-state index is 5.57. The molecular formula is C23H22N6O2. The third kappa shape index (κ3) is 3.11. The molecule has 0 bridgehead atoms. The standard InChI is InChI=1S/C23H22N6O2/c1-15-4-3-10-28(15)21-6-2-5-20(26-21)27-22-17(13-25-29-11-9-24-23(22)29)16-7-8-18-19(12-16)31-14-30-18/h2,5-9,11-13,15H,3-4,10,14H2,1H3,(H,26,27). The first-order valence-electron chi connectivity index (χ1n) is 10.5. The molecule has 0 saturated carbocycles. The van der Waals surface area contributed by atoms with Crippen molar-refractivity contribution in [1.29, 1.82) is 0 Å². The molecular weight excluding hydrogens is 392 g/mol. The molecule has 8 nitrogen and oxygen atoms in total. The summed E-state index contributed by atoms with van der Waals surface area (Å²) in [5.74, 6) is 3.25. The van der Waals surface area contributed by atoms with Crippen LogP contribution in [0, 0.1) is 0 Å². The molecule has 1 saturated heterocycles. The molecule has 1 aromatic carbocycles. The van der Waals surface area contributed by atoms with Crippen LogP contribution in [0.4, 0.5) is 17.3 Å². The van der Waals surface area contributed by atoms with Gasteiger partial charge in [-0.05, 0) is 49.6 Å². The topological polar surface area (TPSA) is 76.8 Å². The van der Waals surface area contributed by atoms with E-state index in [0.717, 1.165) is 52.1 Å². The third-order valence-corrected chi connectivity index (χ3v) is 5.94. The summed E-state index contributed by atoms with van der Waals surface area (Å²) in [4.78, 5) is 11.8. The Hall–Kier alpha value is -3.81. The molecule has 0 spiro atoms. The number of nitrogens with zero attached hydrogens (tertiary/aromatic N) is 5. The van der Waals surface area contributed by atoms with Crippen LogP contribution in [-0.2, 0) is 0 Å². The van der Waals surface area contributed by atoms with E-state index in [-0.39, 0.29) is 6.79 Å². The second-order valence-corrected chi connectivity index (χ2v) is 7.89. The average molecular weight is 414 g/mol. The molecule has 5 heterocycles. The number of nitrogens with one attached hydrogen (secondary N) is 1. The van der Waals surface area contributed by atoms with Crippen molar-refractivity contribution in [2.24, 2.45) is 0 Å². The molecule has 3 aromatic heterocycles. The van der Waals surface area contributed by atoms with Crippen molar-refractivity contribution in [2.75, 3.05) is 23.6 Å². The molecule has 156 valence electrons. The Bertz CT molecular complexity index is 1270. The van der Waals surface area contributed by atoms with Gasteiger partial charge in [-0.25, -0.2) is 14.5 Å². The summed E-state index contributed by atoms with van der Waals surface area (Å²) in [6.07, 6.45) is 7.81. The summed E-state index contributed by atoms with van der Waals surface area (Å²) >= 11 is 0. The van der Waals surface area contributed by atoms with Crippen LogP contribution in [0.15, 0.2) is 55.0 Å². The minimum atomic E-state index is 0.243. The molecule has 2 aliphatic rings. The first-order valence-corrected chi connectivity index (χ1v) is 10.5. The van der Waals surface area contributed by atoms with Crippen LogP contribution < -0.4 is 19.7 Å². The van der Waals surface area contributed by atoms with Gasteiger partial charge in [0.2, 0.25) is 6.79 Å². The molecule has 4 aromatic rings.